The van der Waals surface area contributed by atoms with Crippen LogP contribution in [0, 0.1) is 0 Å². The highest BCUT2D eigenvalue weighted by Crippen LogP contribution is 2.25. The number of fused-ring (bicyclic) bond motifs is 1. The van der Waals surface area contributed by atoms with Gasteiger partial charge in [0, 0.05) is 25.2 Å². The van der Waals surface area contributed by atoms with Gasteiger partial charge >= 0.3 is 0 Å². The van der Waals surface area contributed by atoms with Gasteiger partial charge in [0.25, 0.3) is 5.91 Å². The van der Waals surface area contributed by atoms with Crippen molar-refractivity contribution in [3.63, 3.8) is 0 Å². The number of methoxy groups -OCH3 is 1. The van der Waals surface area contributed by atoms with E-state index in [4.69, 9.17) is 9.47 Å². The van der Waals surface area contributed by atoms with Crippen LogP contribution in [0.25, 0.3) is 0 Å². The minimum atomic E-state index is -3.47. The topological polar surface area (TPSA) is 84.9 Å². The Morgan fingerprint density at radius 2 is 1.80 bits per heavy atom. The highest BCUT2D eigenvalue weighted by molar-refractivity contribution is 7.89. The first-order valence-corrected chi connectivity index (χ1v) is 11.6. The second-order valence-corrected chi connectivity index (χ2v) is 9.57. The van der Waals surface area contributed by atoms with E-state index in [0.717, 1.165) is 16.9 Å². The second kappa shape index (κ2) is 9.49. The molecule has 162 valence electrons. The lowest BCUT2D eigenvalue weighted by atomic mass is 10.0. The Bertz CT molecular complexity index is 987. The Hall–Kier alpha value is -2.58. The number of carbonyl (C=O) groups is 1. The minimum Gasteiger partial charge on any atom is -0.497 e. The molecule has 0 aromatic heterocycles. The number of rotatable bonds is 8. The molecule has 1 N–H and O–H groups in total. The van der Waals surface area contributed by atoms with E-state index in [2.05, 4.69) is 5.32 Å². The molecule has 0 spiro atoms. The van der Waals surface area contributed by atoms with Crippen LogP contribution in [0.2, 0.25) is 0 Å². The number of nitrogens with zero attached hydrogens (tertiary/aromatic N) is 1. The predicted octanol–water partition coefficient (Wildman–Crippen LogP) is 2.60. The van der Waals surface area contributed by atoms with Crippen molar-refractivity contribution in [1.29, 1.82) is 0 Å². The molecular formula is C22H28N2O5S. The molecule has 3 rings (SSSR count). The van der Waals surface area contributed by atoms with Gasteiger partial charge in [-0.05, 0) is 67.8 Å². The van der Waals surface area contributed by atoms with Gasteiger partial charge in [-0.25, -0.2) is 8.42 Å². The Morgan fingerprint density at radius 3 is 2.47 bits per heavy atom. The van der Waals surface area contributed by atoms with E-state index >= 15 is 0 Å². The van der Waals surface area contributed by atoms with Crippen LogP contribution >= 0.6 is 0 Å². The summed E-state index contributed by atoms with van der Waals surface area (Å²) in [6.45, 7) is 4.68. The number of ether oxygens (including phenoxy) is 2. The third-order valence-corrected chi connectivity index (χ3v) is 6.74. The summed E-state index contributed by atoms with van der Waals surface area (Å²) in [5, 5.41) is 2.69. The van der Waals surface area contributed by atoms with Crippen LogP contribution < -0.4 is 14.8 Å². The maximum Gasteiger partial charge on any atom is 0.251 e. The first-order chi connectivity index (χ1) is 14.3. The van der Waals surface area contributed by atoms with Gasteiger partial charge in [0.15, 0.2) is 0 Å². The Balaban J connectivity index is 1.53. The molecule has 1 amide bonds. The Kier molecular flexibility index (Phi) is 6.99. The number of benzene rings is 2. The van der Waals surface area contributed by atoms with E-state index in [1.165, 1.54) is 4.31 Å². The molecular weight excluding hydrogens is 404 g/mol. The van der Waals surface area contributed by atoms with E-state index in [1.54, 1.807) is 31.4 Å². The van der Waals surface area contributed by atoms with Gasteiger partial charge in [-0.15, -0.1) is 0 Å². The van der Waals surface area contributed by atoms with Crippen molar-refractivity contribution in [3.8, 4) is 11.5 Å². The molecule has 0 bridgehead atoms. The highest BCUT2D eigenvalue weighted by Gasteiger charge is 2.26. The van der Waals surface area contributed by atoms with E-state index in [0.29, 0.717) is 30.8 Å². The smallest absolute Gasteiger partial charge is 0.251 e. The average molecular weight is 433 g/mol. The molecule has 0 atom stereocenters. The Labute approximate surface area is 178 Å². The molecule has 0 saturated carbocycles. The van der Waals surface area contributed by atoms with Crippen molar-refractivity contribution < 1.29 is 22.7 Å². The quantitative estimate of drug-likeness (QED) is 0.693. The zero-order chi connectivity index (χ0) is 21.7. The number of sulfonamides is 1. The van der Waals surface area contributed by atoms with Crippen LogP contribution in [0.1, 0.15) is 35.3 Å². The highest BCUT2D eigenvalue weighted by atomic mass is 32.2. The number of carbonyl (C=O) groups excluding carboxylic acids is 1. The molecule has 1 heterocycles. The molecule has 0 aliphatic carbocycles. The summed E-state index contributed by atoms with van der Waals surface area (Å²) < 4.78 is 37.7. The van der Waals surface area contributed by atoms with Crippen molar-refractivity contribution in [2.75, 3.05) is 26.0 Å². The fourth-order valence-electron chi connectivity index (χ4n) is 3.35. The maximum atomic E-state index is 12.7. The molecule has 0 saturated heterocycles. The van der Waals surface area contributed by atoms with Crippen LogP contribution in [-0.4, -0.2) is 50.7 Å². The molecule has 1 aliphatic rings. The van der Waals surface area contributed by atoms with Gasteiger partial charge in [0.1, 0.15) is 11.5 Å². The molecule has 30 heavy (non-hydrogen) atoms. The fraction of sp³-hybridized carbons (Fsp3) is 0.409. The van der Waals surface area contributed by atoms with Crippen molar-refractivity contribution >= 4 is 15.9 Å². The molecule has 0 fully saturated rings. The summed E-state index contributed by atoms with van der Waals surface area (Å²) in [4.78, 5) is 12.3. The van der Waals surface area contributed by atoms with Gasteiger partial charge in [0.05, 0.1) is 19.0 Å². The van der Waals surface area contributed by atoms with Gasteiger partial charge in [-0.1, -0.05) is 6.07 Å². The largest absolute Gasteiger partial charge is 0.497 e. The third kappa shape index (κ3) is 5.52. The summed E-state index contributed by atoms with van der Waals surface area (Å²) in [5.41, 5.74) is 2.56. The molecule has 7 nitrogen and oxygen atoms in total. The zero-order valence-corrected chi connectivity index (χ0v) is 18.4. The Morgan fingerprint density at radius 1 is 1.10 bits per heavy atom. The summed E-state index contributed by atoms with van der Waals surface area (Å²) >= 11 is 0. The van der Waals surface area contributed by atoms with E-state index in [9.17, 15) is 13.2 Å². The van der Waals surface area contributed by atoms with Crippen LogP contribution in [0.5, 0.6) is 11.5 Å². The standard InChI is InChI=1S/C22H28N2O5S/c1-16(2)29-20-7-4-17(5-8-20)22(25)23-11-13-30(26,27)24-12-10-18-14-21(28-3)9-6-19(18)15-24/h4-9,14,16H,10-13,15H2,1-3H3,(H,23,25). The first kappa shape index (κ1) is 22.1. The zero-order valence-electron chi connectivity index (χ0n) is 17.6. The van der Waals surface area contributed by atoms with Gasteiger partial charge in [-0.2, -0.15) is 4.31 Å². The predicted molar refractivity (Wildman–Crippen MR) is 115 cm³/mol. The van der Waals surface area contributed by atoms with Crippen molar-refractivity contribution in [3.05, 3.63) is 59.2 Å². The van der Waals surface area contributed by atoms with Crippen LogP contribution in [-0.2, 0) is 23.0 Å². The van der Waals surface area contributed by atoms with E-state index in [1.807, 2.05) is 32.0 Å². The fourth-order valence-corrected chi connectivity index (χ4v) is 4.67. The van der Waals surface area contributed by atoms with Crippen LogP contribution in [0.4, 0.5) is 0 Å². The lowest BCUT2D eigenvalue weighted by Crippen LogP contribution is -2.40. The van der Waals surface area contributed by atoms with Gasteiger partial charge in [-0.3, -0.25) is 4.79 Å². The molecule has 1 aliphatic heterocycles. The maximum absolute atomic E-state index is 12.7. The number of hydrogen-bond donors (Lipinski definition) is 1. The average Bonchev–Trinajstić information content (AvgIpc) is 2.72. The minimum absolute atomic E-state index is 0.0530. The van der Waals surface area contributed by atoms with E-state index < -0.39 is 10.0 Å². The van der Waals surface area contributed by atoms with E-state index in [-0.39, 0.29) is 24.3 Å². The lowest BCUT2D eigenvalue weighted by Gasteiger charge is -2.28. The lowest BCUT2D eigenvalue weighted by molar-refractivity contribution is 0.0956. The first-order valence-electron chi connectivity index (χ1n) is 9.97. The third-order valence-electron chi connectivity index (χ3n) is 4.92. The second-order valence-electron chi connectivity index (χ2n) is 7.48. The van der Waals surface area contributed by atoms with Gasteiger partial charge in [0.2, 0.25) is 10.0 Å². The molecule has 8 heteroatoms. The normalized spacial score (nSPS) is 14.3. The SMILES string of the molecule is COc1ccc2c(c1)CCN(S(=O)(=O)CCNC(=O)c1ccc(OC(C)C)cc1)C2. The van der Waals surface area contributed by atoms with Gasteiger partial charge < -0.3 is 14.8 Å². The molecule has 0 radical (unpaired) electrons. The summed E-state index contributed by atoms with van der Waals surface area (Å²) in [5.74, 6) is 1.01. The van der Waals surface area contributed by atoms with Crippen LogP contribution in [0.15, 0.2) is 42.5 Å². The summed E-state index contributed by atoms with van der Waals surface area (Å²) in [6.07, 6.45) is 0.696. The molecule has 2 aromatic rings. The summed E-state index contributed by atoms with van der Waals surface area (Å²) in [7, 11) is -1.86. The number of hydrogen-bond acceptors (Lipinski definition) is 5. The number of amides is 1. The van der Waals surface area contributed by atoms with Crippen molar-refractivity contribution in [2.24, 2.45) is 0 Å². The molecule has 0 unspecified atom stereocenters. The summed E-state index contributed by atoms with van der Waals surface area (Å²) in [6, 6.07) is 12.5. The monoisotopic (exact) mass is 432 g/mol. The number of nitrogens with one attached hydrogen (secondary N) is 1. The van der Waals surface area contributed by atoms with Crippen molar-refractivity contribution in [2.45, 2.75) is 32.9 Å². The van der Waals surface area contributed by atoms with Crippen LogP contribution in [0.3, 0.4) is 0 Å². The molecule has 2 aromatic carbocycles. The van der Waals surface area contributed by atoms with Crippen molar-refractivity contribution in [1.82, 2.24) is 9.62 Å².